The average Bonchev–Trinajstić information content (AvgIpc) is 3.26. The van der Waals surface area contributed by atoms with Crippen LogP contribution < -0.4 is 10.6 Å². The molecule has 0 bridgehead atoms. The van der Waals surface area contributed by atoms with Crippen molar-refractivity contribution < 1.29 is 64.6 Å². The number of nitrogens with one attached hydrogen (secondary N) is 2. The number of nitrogens with zero attached hydrogens (tertiary/aromatic N) is 1. The second kappa shape index (κ2) is 14.2. The number of benzene rings is 3. The summed E-state index contributed by atoms with van der Waals surface area (Å²) in [6, 6.07) is 9.75. The standard InChI is InChI=1S/C32H25F6N3O8/c1-16(2)26(30(47)49-15-25(43)40-23-10-6-4-8-21(23)32(36,37)38)41-27(44)18-12-11-17(13-19(18)28(41)45)29(46)48-14-24(42)39-22-9-5-3-7-20(22)31(33,34)35/h3-13,16,26H,14-15H2,1-2H3,(H,39,42)(H,40,43). The van der Waals surface area contributed by atoms with Crippen LogP contribution in [0.4, 0.5) is 37.7 Å². The molecule has 1 heterocycles. The summed E-state index contributed by atoms with van der Waals surface area (Å²) in [7, 11) is 0. The van der Waals surface area contributed by atoms with Crippen LogP contribution in [0.5, 0.6) is 0 Å². The molecule has 0 fully saturated rings. The molecule has 3 aromatic carbocycles. The van der Waals surface area contributed by atoms with Gasteiger partial charge in [0.1, 0.15) is 6.04 Å². The molecule has 0 saturated heterocycles. The number of anilines is 2. The highest BCUT2D eigenvalue weighted by Gasteiger charge is 2.45. The molecule has 3 aromatic rings. The first-order valence-electron chi connectivity index (χ1n) is 14.2. The van der Waals surface area contributed by atoms with Crippen molar-refractivity contribution in [1.82, 2.24) is 4.90 Å². The minimum Gasteiger partial charge on any atom is -0.454 e. The lowest BCUT2D eigenvalue weighted by atomic mass is 10.0. The molecule has 258 valence electrons. The number of carbonyl (C=O) groups is 6. The number of carbonyl (C=O) groups excluding carboxylic acids is 6. The predicted molar refractivity (Wildman–Crippen MR) is 157 cm³/mol. The summed E-state index contributed by atoms with van der Waals surface area (Å²) in [5.74, 6) is -7.39. The van der Waals surface area contributed by atoms with Gasteiger partial charge in [-0.3, -0.25) is 24.1 Å². The number of hydrogen-bond donors (Lipinski definition) is 2. The summed E-state index contributed by atoms with van der Waals surface area (Å²) < 4.78 is 89.1. The molecule has 0 aliphatic carbocycles. The molecule has 4 rings (SSSR count). The van der Waals surface area contributed by atoms with Gasteiger partial charge in [0.05, 0.1) is 39.2 Å². The van der Waals surface area contributed by atoms with Gasteiger partial charge >= 0.3 is 24.3 Å². The van der Waals surface area contributed by atoms with E-state index in [2.05, 4.69) is 0 Å². The van der Waals surface area contributed by atoms with E-state index in [-0.39, 0.29) is 16.7 Å². The van der Waals surface area contributed by atoms with Crippen molar-refractivity contribution in [3.63, 3.8) is 0 Å². The first-order chi connectivity index (χ1) is 22.9. The number of hydrogen-bond acceptors (Lipinski definition) is 8. The Kier molecular flexibility index (Phi) is 10.4. The molecule has 1 unspecified atom stereocenters. The monoisotopic (exact) mass is 693 g/mol. The van der Waals surface area contributed by atoms with Crippen LogP contribution in [-0.4, -0.2) is 59.7 Å². The van der Waals surface area contributed by atoms with Crippen molar-refractivity contribution in [2.24, 2.45) is 5.92 Å². The number of amides is 4. The maximum absolute atomic E-state index is 13.3. The van der Waals surface area contributed by atoms with E-state index in [9.17, 15) is 55.1 Å². The third kappa shape index (κ3) is 8.22. The Morgan fingerprint density at radius 2 is 1.16 bits per heavy atom. The molecule has 1 atom stereocenters. The highest BCUT2D eigenvalue weighted by Crippen LogP contribution is 2.36. The lowest BCUT2D eigenvalue weighted by Gasteiger charge is -2.27. The molecule has 0 spiro atoms. The molecule has 2 N–H and O–H groups in total. The first-order valence-corrected chi connectivity index (χ1v) is 14.2. The molecule has 0 saturated carbocycles. The number of para-hydroxylation sites is 2. The van der Waals surface area contributed by atoms with Crippen LogP contribution in [0.1, 0.15) is 56.0 Å². The van der Waals surface area contributed by atoms with Crippen molar-refractivity contribution in [3.8, 4) is 0 Å². The van der Waals surface area contributed by atoms with Crippen molar-refractivity contribution in [2.75, 3.05) is 23.8 Å². The normalized spacial score (nSPS) is 13.5. The third-order valence-corrected chi connectivity index (χ3v) is 7.00. The number of rotatable bonds is 10. The van der Waals surface area contributed by atoms with E-state index in [0.29, 0.717) is 4.90 Å². The fourth-order valence-electron chi connectivity index (χ4n) is 4.80. The maximum atomic E-state index is 13.3. The van der Waals surface area contributed by atoms with Gasteiger partial charge in [0.25, 0.3) is 23.6 Å². The van der Waals surface area contributed by atoms with E-state index in [1.165, 1.54) is 26.0 Å². The Morgan fingerprint density at radius 3 is 1.65 bits per heavy atom. The fourth-order valence-corrected chi connectivity index (χ4v) is 4.80. The molecule has 0 radical (unpaired) electrons. The minimum atomic E-state index is -4.79. The highest BCUT2D eigenvalue weighted by molar-refractivity contribution is 6.23. The summed E-state index contributed by atoms with van der Waals surface area (Å²) in [5, 5.41) is 4.00. The summed E-state index contributed by atoms with van der Waals surface area (Å²) in [5.41, 5.74) is -4.28. The quantitative estimate of drug-likeness (QED) is 0.165. The number of fused-ring (bicyclic) bond motifs is 1. The van der Waals surface area contributed by atoms with Gasteiger partial charge in [-0.15, -0.1) is 0 Å². The van der Waals surface area contributed by atoms with Gasteiger partial charge in [0, 0.05) is 0 Å². The Morgan fingerprint density at radius 1 is 0.694 bits per heavy atom. The predicted octanol–water partition coefficient (Wildman–Crippen LogP) is 5.32. The van der Waals surface area contributed by atoms with Crippen LogP contribution in [-0.2, 0) is 36.2 Å². The highest BCUT2D eigenvalue weighted by atomic mass is 19.4. The summed E-state index contributed by atoms with van der Waals surface area (Å²) in [4.78, 5) is 77.3. The van der Waals surface area contributed by atoms with Gasteiger partial charge < -0.3 is 20.1 Å². The van der Waals surface area contributed by atoms with Crippen LogP contribution in [0.2, 0.25) is 0 Å². The Balaban J connectivity index is 1.41. The van der Waals surface area contributed by atoms with Gasteiger partial charge in [0.2, 0.25) is 0 Å². The summed E-state index contributed by atoms with van der Waals surface area (Å²) in [6.07, 6.45) is -9.55. The van der Waals surface area contributed by atoms with E-state index in [0.717, 1.165) is 54.6 Å². The molecular weight excluding hydrogens is 668 g/mol. The third-order valence-electron chi connectivity index (χ3n) is 7.00. The summed E-state index contributed by atoms with van der Waals surface area (Å²) in [6.45, 7) is 0.854. The smallest absolute Gasteiger partial charge is 0.418 e. The Labute approximate surface area is 273 Å². The van der Waals surface area contributed by atoms with E-state index >= 15 is 0 Å². The fraction of sp³-hybridized carbons (Fsp3) is 0.250. The molecule has 17 heteroatoms. The van der Waals surface area contributed by atoms with Crippen molar-refractivity contribution >= 4 is 46.9 Å². The van der Waals surface area contributed by atoms with Gasteiger partial charge in [-0.05, 0) is 48.4 Å². The van der Waals surface area contributed by atoms with Crippen LogP contribution >= 0.6 is 0 Å². The number of alkyl halides is 6. The van der Waals surface area contributed by atoms with E-state index in [1.807, 2.05) is 10.6 Å². The maximum Gasteiger partial charge on any atom is 0.418 e. The van der Waals surface area contributed by atoms with Crippen LogP contribution in [0.3, 0.4) is 0 Å². The zero-order valence-corrected chi connectivity index (χ0v) is 25.4. The molecular formula is C32H25F6N3O8. The number of ether oxygens (including phenoxy) is 2. The Bertz CT molecular complexity index is 1820. The van der Waals surface area contributed by atoms with Gasteiger partial charge in [0.15, 0.2) is 13.2 Å². The topological polar surface area (TPSA) is 148 Å². The molecule has 11 nitrogen and oxygen atoms in total. The van der Waals surface area contributed by atoms with E-state index in [4.69, 9.17) is 9.47 Å². The van der Waals surface area contributed by atoms with Crippen LogP contribution in [0.15, 0.2) is 66.7 Å². The SMILES string of the molecule is CC(C)C(C(=O)OCC(=O)Nc1ccccc1C(F)(F)F)N1C(=O)c2ccc(C(=O)OCC(=O)Nc3ccccc3C(F)(F)F)cc2C1=O. The summed E-state index contributed by atoms with van der Waals surface area (Å²) >= 11 is 0. The number of imide groups is 1. The Hall–Kier alpha value is -5.74. The number of esters is 2. The van der Waals surface area contributed by atoms with Crippen molar-refractivity contribution in [2.45, 2.75) is 32.2 Å². The van der Waals surface area contributed by atoms with Gasteiger partial charge in [-0.25, -0.2) is 9.59 Å². The molecule has 1 aliphatic heterocycles. The van der Waals surface area contributed by atoms with Crippen molar-refractivity contribution in [3.05, 3.63) is 94.5 Å². The second-order valence-electron chi connectivity index (χ2n) is 10.8. The lowest BCUT2D eigenvalue weighted by Crippen LogP contribution is -2.49. The van der Waals surface area contributed by atoms with Gasteiger partial charge in [-0.1, -0.05) is 38.1 Å². The molecule has 49 heavy (non-hydrogen) atoms. The average molecular weight is 694 g/mol. The molecule has 1 aliphatic rings. The first kappa shape index (κ1) is 36.1. The van der Waals surface area contributed by atoms with Crippen LogP contribution in [0, 0.1) is 5.92 Å². The largest absolute Gasteiger partial charge is 0.454 e. The minimum absolute atomic E-state index is 0.219. The van der Waals surface area contributed by atoms with E-state index < -0.39 is 95.6 Å². The van der Waals surface area contributed by atoms with Crippen molar-refractivity contribution in [1.29, 1.82) is 0 Å². The lowest BCUT2D eigenvalue weighted by molar-refractivity contribution is -0.152. The zero-order valence-electron chi connectivity index (χ0n) is 25.4. The second-order valence-corrected chi connectivity index (χ2v) is 10.8. The van der Waals surface area contributed by atoms with Gasteiger partial charge in [-0.2, -0.15) is 26.3 Å². The molecule has 4 amide bonds. The molecule has 0 aromatic heterocycles. The zero-order chi connectivity index (χ0) is 36.3. The van der Waals surface area contributed by atoms with Crippen LogP contribution in [0.25, 0.3) is 0 Å². The van der Waals surface area contributed by atoms with E-state index in [1.54, 1.807) is 0 Å². The number of halogens is 6.